The van der Waals surface area contributed by atoms with Crippen LogP contribution in [-0.2, 0) is 11.0 Å². The highest BCUT2D eigenvalue weighted by Gasteiger charge is 2.56. The van der Waals surface area contributed by atoms with Crippen LogP contribution in [0.5, 0.6) is 5.75 Å². The second-order valence-electron chi connectivity index (χ2n) is 9.38. The number of aromatic carboxylic acids is 1. The Hall–Kier alpha value is -2.45. The predicted molar refractivity (Wildman–Crippen MR) is 118 cm³/mol. The molecule has 0 bridgehead atoms. The summed E-state index contributed by atoms with van der Waals surface area (Å²) in [4.78, 5) is 15.0. The number of nitrogens with zero attached hydrogens (tertiary/aromatic N) is 1. The number of hydrogen-bond donors (Lipinski definition) is 2. The molecular weight excluding hydrogens is 431 g/mol. The number of rotatable bonds is 6. The number of benzene rings is 2. The normalized spacial score (nSPS) is 30.5. The lowest BCUT2D eigenvalue weighted by molar-refractivity contribution is 0.0692. The molecule has 2 N–H and O–H groups in total. The van der Waals surface area contributed by atoms with Crippen molar-refractivity contribution in [1.29, 1.82) is 0 Å². The summed E-state index contributed by atoms with van der Waals surface area (Å²) in [7, 11) is -1.73. The van der Waals surface area contributed by atoms with Crippen molar-refractivity contribution in [2.45, 2.75) is 30.1 Å². The fourth-order valence-corrected chi connectivity index (χ4v) is 6.86. The van der Waals surface area contributed by atoms with E-state index in [0.29, 0.717) is 40.9 Å². The van der Waals surface area contributed by atoms with Crippen LogP contribution in [0.25, 0.3) is 0 Å². The van der Waals surface area contributed by atoms with Gasteiger partial charge in [-0.05, 0) is 72.0 Å². The molecule has 2 heterocycles. The van der Waals surface area contributed by atoms with Gasteiger partial charge >= 0.3 is 5.97 Å². The van der Waals surface area contributed by atoms with Crippen molar-refractivity contribution in [2.24, 2.45) is 17.8 Å². The largest absolute Gasteiger partial charge is 0.492 e. The lowest BCUT2D eigenvalue weighted by Crippen LogP contribution is -2.24. The van der Waals surface area contributed by atoms with Gasteiger partial charge < -0.3 is 19.5 Å². The van der Waals surface area contributed by atoms with E-state index >= 15 is 0 Å². The minimum absolute atomic E-state index is 0.0201. The smallest absolute Gasteiger partial charge is 0.341 e. The Morgan fingerprint density at radius 3 is 2.75 bits per heavy atom. The number of halogens is 1. The number of likely N-dealkylation sites (tertiary alicyclic amines) is 1. The van der Waals surface area contributed by atoms with Gasteiger partial charge in [-0.15, -0.1) is 0 Å². The maximum atomic E-state index is 14.1. The monoisotopic (exact) mass is 456 g/mol. The molecule has 2 aromatic carbocycles. The number of nitrogens with one attached hydrogen (secondary N) is 1. The molecule has 6 nitrogen and oxygen atoms in total. The number of carboxylic acids is 1. The molecule has 2 aliphatic heterocycles. The van der Waals surface area contributed by atoms with E-state index in [0.717, 1.165) is 37.2 Å². The molecule has 5 unspecified atom stereocenters. The van der Waals surface area contributed by atoms with Crippen LogP contribution in [0.3, 0.4) is 0 Å². The third-order valence-corrected chi connectivity index (χ3v) is 8.79. The molecule has 32 heavy (non-hydrogen) atoms. The number of hydrogen-bond acceptors (Lipinski definition) is 4. The van der Waals surface area contributed by atoms with Crippen LogP contribution in [0.4, 0.5) is 10.1 Å². The van der Waals surface area contributed by atoms with Crippen molar-refractivity contribution in [3.63, 3.8) is 0 Å². The van der Waals surface area contributed by atoms with Gasteiger partial charge in [0.05, 0.1) is 17.2 Å². The molecule has 0 amide bonds. The van der Waals surface area contributed by atoms with E-state index < -0.39 is 17.0 Å². The highest BCUT2D eigenvalue weighted by Crippen LogP contribution is 2.59. The fourth-order valence-electron chi connectivity index (χ4n) is 5.78. The predicted octanol–water partition coefficient (Wildman–Crippen LogP) is 3.82. The lowest BCUT2D eigenvalue weighted by atomic mass is 10.0. The summed E-state index contributed by atoms with van der Waals surface area (Å²) in [5.74, 6) is 0.886. The van der Waals surface area contributed by atoms with Crippen LogP contribution in [0.15, 0.2) is 35.2 Å². The molecule has 8 heteroatoms. The highest BCUT2D eigenvalue weighted by molar-refractivity contribution is 7.86. The molecule has 0 aromatic heterocycles. The number of piperidine rings is 1. The zero-order valence-electron chi connectivity index (χ0n) is 17.7. The molecule has 2 aliphatic carbocycles. The molecule has 168 valence electrons. The highest BCUT2D eigenvalue weighted by atomic mass is 32.2. The van der Waals surface area contributed by atoms with E-state index in [1.54, 1.807) is 12.1 Å². The maximum absolute atomic E-state index is 14.1. The molecule has 5 atom stereocenters. The van der Waals surface area contributed by atoms with E-state index in [9.17, 15) is 18.5 Å². The molecule has 0 spiro atoms. The van der Waals surface area contributed by atoms with Crippen molar-refractivity contribution >= 4 is 22.6 Å². The first kappa shape index (κ1) is 20.2. The standard InChI is InChI=1S/C24H25FN2O4S/c1-2-27-9-17-18(10-27)21(17)16-8-13(25)3-6-20(16)32(30)26-19-5-4-14-15-7-12(15)11-31-23(14)22(19)24(28)29/h3-6,8,12,15,17-18,21,26H,2,7,9-11H2,1H3,(H,28,29). The first-order chi connectivity index (χ1) is 15.5. The quantitative estimate of drug-likeness (QED) is 0.691. The van der Waals surface area contributed by atoms with Gasteiger partial charge in [0.1, 0.15) is 17.1 Å². The number of anilines is 1. The van der Waals surface area contributed by atoms with Gasteiger partial charge in [0.15, 0.2) is 11.0 Å². The minimum Gasteiger partial charge on any atom is -0.492 e. The van der Waals surface area contributed by atoms with Crippen molar-refractivity contribution in [3.8, 4) is 5.75 Å². The van der Waals surface area contributed by atoms with Crippen molar-refractivity contribution in [3.05, 3.63) is 52.8 Å². The van der Waals surface area contributed by atoms with Crippen molar-refractivity contribution < 1.29 is 23.2 Å². The molecule has 2 saturated carbocycles. The van der Waals surface area contributed by atoms with Gasteiger partial charge in [-0.25, -0.2) is 13.4 Å². The average molecular weight is 457 g/mol. The Labute approximate surface area is 188 Å². The van der Waals surface area contributed by atoms with E-state index in [1.165, 1.54) is 12.1 Å². The Bertz CT molecular complexity index is 1140. The number of ether oxygens (including phenoxy) is 1. The lowest BCUT2D eigenvalue weighted by Gasteiger charge is -2.21. The van der Waals surface area contributed by atoms with Gasteiger partial charge in [0.25, 0.3) is 0 Å². The van der Waals surface area contributed by atoms with E-state index in [4.69, 9.17) is 4.74 Å². The van der Waals surface area contributed by atoms with Gasteiger partial charge in [0, 0.05) is 19.0 Å². The summed E-state index contributed by atoms with van der Waals surface area (Å²) in [5, 5.41) is 9.88. The summed E-state index contributed by atoms with van der Waals surface area (Å²) < 4.78 is 36.2. The van der Waals surface area contributed by atoms with E-state index in [-0.39, 0.29) is 23.0 Å². The minimum atomic E-state index is -1.73. The molecular formula is C24H25FN2O4S. The zero-order valence-corrected chi connectivity index (χ0v) is 18.5. The first-order valence-corrected chi connectivity index (χ1v) is 12.3. The second-order valence-corrected chi connectivity index (χ2v) is 10.6. The maximum Gasteiger partial charge on any atom is 0.341 e. The van der Waals surface area contributed by atoms with Gasteiger partial charge in [0.2, 0.25) is 0 Å². The number of fused-ring (bicyclic) bond motifs is 4. The van der Waals surface area contributed by atoms with Crippen molar-refractivity contribution in [2.75, 3.05) is 31.0 Å². The van der Waals surface area contributed by atoms with E-state index in [2.05, 4.69) is 16.5 Å². The topological polar surface area (TPSA) is 78.9 Å². The Balaban J connectivity index is 1.31. The van der Waals surface area contributed by atoms with Crippen molar-refractivity contribution in [1.82, 2.24) is 4.90 Å². The molecule has 6 rings (SSSR count). The average Bonchev–Trinajstić information content (AvgIpc) is 3.66. The second kappa shape index (κ2) is 7.28. The molecule has 0 radical (unpaired) electrons. The summed E-state index contributed by atoms with van der Waals surface area (Å²) >= 11 is 0. The van der Waals surface area contributed by atoms with Gasteiger partial charge in [-0.3, -0.25) is 0 Å². The van der Waals surface area contributed by atoms with Gasteiger partial charge in [-0.2, -0.15) is 0 Å². The number of carboxylic acid groups (broad SMARTS) is 1. The summed E-state index contributed by atoms with van der Waals surface area (Å²) in [5.41, 5.74) is 1.97. The molecule has 2 aromatic rings. The Morgan fingerprint density at radius 2 is 2.03 bits per heavy atom. The van der Waals surface area contributed by atoms with Crippen LogP contribution in [0.1, 0.15) is 46.7 Å². The molecule has 4 aliphatic rings. The first-order valence-electron chi connectivity index (χ1n) is 11.2. The van der Waals surface area contributed by atoms with Crippen LogP contribution in [0, 0.1) is 23.6 Å². The third kappa shape index (κ3) is 3.15. The third-order valence-electron chi connectivity index (χ3n) is 7.62. The summed E-state index contributed by atoms with van der Waals surface area (Å²) in [6.45, 7) is 5.62. The Morgan fingerprint density at radius 1 is 1.25 bits per heavy atom. The molecule has 1 saturated heterocycles. The summed E-state index contributed by atoms with van der Waals surface area (Å²) in [6, 6.07) is 7.93. The van der Waals surface area contributed by atoms with E-state index in [1.807, 2.05) is 6.07 Å². The Kier molecular flexibility index (Phi) is 4.59. The summed E-state index contributed by atoms with van der Waals surface area (Å²) in [6.07, 6.45) is 1.02. The van der Waals surface area contributed by atoms with Crippen LogP contribution >= 0.6 is 0 Å². The molecule has 3 fully saturated rings. The fraction of sp³-hybridized carbons (Fsp3) is 0.458. The van der Waals surface area contributed by atoms with Crippen LogP contribution in [-0.4, -0.2) is 46.4 Å². The SMILES string of the molecule is CCN1CC2C(C1)C2c1cc(F)ccc1S(=O)Nc1ccc2c(c1C(=O)O)OCC1CC21. The zero-order chi connectivity index (χ0) is 22.1. The number of carbonyl (C=O) groups is 1. The van der Waals surface area contributed by atoms with Gasteiger partial charge in [-0.1, -0.05) is 13.0 Å². The van der Waals surface area contributed by atoms with Crippen LogP contribution < -0.4 is 9.46 Å². The van der Waals surface area contributed by atoms with Crippen LogP contribution in [0.2, 0.25) is 0 Å².